The molecule has 1 aliphatic rings. The smallest absolute Gasteiger partial charge is 0.337 e. The molecule has 33 heavy (non-hydrogen) atoms. The summed E-state index contributed by atoms with van der Waals surface area (Å²) in [6.07, 6.45) is 1.78. The van der Waals surface area contributed by atoms with Gasteiger partial charge in [0.25, 0.3) is 5.91 Å². The molecule has 0 N–H and O–H groups in total. The largest absolute Gasteiger partial charge is 0.490 e. The Bertz CT molecular complexity index is 1130. The van der Waals surface area contributed by atoms with Crippen LogP contribution < -0.4 is 9.47 Å². The molecule has 0 saturated carbocycles. The Morgan fingerprint density at radius 1 is 1.27 bits per heavy atom. The molecular weight excluding hydrogens is 508 g/mol. The van der Waals surface area contributed by atoms with E-state index in [1.165, 1.54) is 23.8 Å². The van der Waals surface area contributed by atoms with Gasteiger partial charge in [-0.2, -0.15) is 0 Å². The minimum Gasteiger partial charge on any atom is -0.490 e. The molecule has 1 amide bonds. The van der Waals surface area contributed by atoms with Crippen molar-refractivity contribution in [3.8, 4) is 11.5 Å². The van der Waals surface area contributed by atoms with Crippen LogP contribution in [0.25, 0.3) is 6.08 Å². The van der Waals surface area contributed by atoms with Crippen LogP contribution >= 0.6 is 27.7 Å². The van der Waals surface area contributed by atoms with Crippen molar-refractivity contribution in [2.45, 2.75) is 26.9 Å². The Hall–Kier alpha value is -2.78. The molecule has 0 aromatic heterocycles. The highest BCUT2D eigenvalue weighted by molar-refractivity contribution is 9.10. The number of nitrogens with zero attached hydrogens (tertiary/aromatic N) is 2. The van der Waals surface area contributed by atoms with E-state index < -0.39 is 5.97 Å². The Balaban J connectivity index is 1.92. The van der Waals surface area contributed by atoms with Gasteiger partial charge in [0.2, 0.25) is 0 Å². The summed E-state index contributed by atoms with van der Waals surface area (Å²) >= 11 is 4.82. The number of methoxy groups -OCH3 is 1. The quantitative estimate of drug-likeness (QED) is 0.338. The fourth-order valence-electron chi connectivity index (χ4n) is 3.02. The first-order valence-electron chi connectivity index (χ1n) is 10.3. The van der Waals surface area contributed by atoms with E-state index in [4.69, 9.17) is 14.2 Å². The van der Waals surface area contributed by atoms with Crippen LogP contribution in [0.15, 0.2) is 50.8 Å². The second-order valence-electron chi connectivity index (χ2n) is 7.34. The second-order valence-corrected chi connectivity index (χ2v) is 9.20. The molecule has 1 heterocycles. The Kier molecular flexibility index (Phi) is 8.20. The van der Waals surface area contributed by atoms with Gasteiger partial charge in [-0.15, -0.1) is 0 Å². The maximum absolute atomic E-state index is 12.9. The molecule has 7 nitrogen and oxygen atoms in total. The van der Waals surface area contributed by atoms with E-state index >= 15 is 0 Å². The molecule has 0 atom stereocenters. The van der Waals surface area contributed by atoms with Crippen LogP contribution in [0.1, 0.15) is 36.7 Å². The Labute approximate surface area is 205 Å². The lowest BCUT2D eigenvalue weighted by molar-refractivity contribution is -0.121. The van der Waals surface area contributed by atoms with Gasteiger partial charge in [0.1, 0.15) is 0 Å². The number of amides is 1. The third-order valence-electron chi connectivity index (χ3n) is 4.48. The monoisotopic (exact) mass is 532 g/mol. The molecule has 1 fully saturated rings. The van der Waals surface area contributed by atoms with E-state index in [0.29, 0.717) is 39.4 Å². The van der Waals surface area contributed by atoms with E-state index in [0.717, 1.165) is 10.0 Å². The zero-order valence-corrected chi connectivity index (χ0v) is 21.5. The van der Waals surface area contributed by atoms with E-state index in [1.54, 1.807) is 37.4 Å². The number of aliphatic imine (C=N–C) groups is 1. The lowest BCUT2D eigenvalue weighted by Crippen LogP contribution is -2.23. The maximum atomic E-state index is 12.9. The average molecular weight is 533 g/mol. The minimum atomic E-state index is -0.443. The van der Waals surface area contributed by atoms with Crippen LogP contribution in [0, 0.1) is 0 Å². The van der Waals surface area contributed by atoms with Crippen molar-refractivity contribution in [3.05, 3.63) is 56.9 Å². The van der Waals surface area contributed by atoms with Gasteiger partial charge in [-0.05, 0) is 90.4 Å². The van der Waals surface area contributed by atoms with Crippen molar-refractivity contribution in [1.82, 2.24) is 4.90 Å². The molecule has 0 aliphatic carbocycles. The summed E-state index contributed by atoms with van der Waals surface area (Å²) in [7, 11) is 2.99. The molecule has 2 aromatic rings. The predicted molar refractivity (Wildman–Crippen MR) is 134 cm³/mol. The summed E-state index contributed by atoms with van der Waals surface area (Å²) in [6.45, 7) is 6.28. The van der Waals surface area contributed by atoms with Crippen LogP contribution in [0.3, 0.4) is 0 Å². The first-order chi connectivity index (χ1) is 15.7. The molecule has 1 saturated heterocycles. The Morgan fingerprint density at radius 2 is 2.03 bits per heavy atom. The van der Waals surface area contributed by atoms with Crippen molar-refractivity contribution >= 4 is 56.5 Å². The molecule has 3 rings (SSSR count). The minimum absolute atomic E-state index is 0.0122. The number of carbonyl (C=O) groups excluding carboxylic acids is 2. The van der Waals surface area contributed by atoms with Gasteiger partial charge in [0.05, 0.1) is 40.4 Å². The summed E-state index contributed by atoms with van der Waals surface area (Å²) in [4.78, 5) is 31.2. The highest BCUT2D eigenvalue weighted by Gasteiger charge is 2.30. The van der Waals surface area contributed by atoms with Gasteiger partial charge in [0, 0.05) is 7.05 Å². The highest BCUT2D eigenvalue weighted by Crippen LogP contribution is 2.40. The number of halogens is 1. The van der Waals surface area contributed by atoms with E-state index in [1.807, 2.05) is 32.9 Å². The van der Waals surface area contributed by atoms with Crippen LogP contribution in [0.2, 0.25) is 0 Å². The zero-order chi connectivity index (χ0) is 24.1. The number of ether oxygens (including phenoxy) is 3. The van der Waals surface area contributed by atoms with Crippen LogP contribution in [0.4, 0.5) is 5.69 Å². The van der Waals surface area contributed by atoms with Crippen molar-refractivity contribution in [3.63, 3.8) is 0 Å². The predicted octanol–water partition coefficient (Wildman–Crippen LogP) is 5.66. The lowest BCUT2D eigenvalue weighted by atomic mass is 10.1. The number of likely N-dealkylation sites (N-methyl/N-ethyl adjacent to an activating group) is 1. The fourth-order valence-corrected chi connectivity index (χ4v) is 4.56. The summed E-state index contributed by atoms with van der Waals surface area (Å²) in [5.41, 5.74) is 1.74. The molecule has 2 aromatic carbocycles. The third kappa shape index (κ3) is 5.97. The fraction of sp³-hybridized carbons (Fsp3) is 0.292. The number of hydrogen-bond acceptors (Lipinski definition) is 7. The van der Waals surface area contributed by atoms with Crippen molar-refractivity contribution in [1.29, 1.82) is 0 Å². The van der Waals surface area contributed by atoms with Gasteiger partial charge in [-0.3, -0.25) is 9.69 Å². The molecule has 0 radical (unpaired) electrons. The van der Waals surface area contributed by atoms with Gasteiger partial charge < -0.3 is 14.2 Å². The Morgan fingerprint density at radius 3 is 2.70 bits per heavy atom. The SMILES string of the molecule is CCOc1cc(C=C2SC(=Nc3cccc(C(=O)OC)c3)N(C)C2=O)cc(Br)c1OC(C)C. The molecule has 174 valence electrons. The first-order valence-corrected chi connectivity index (χ1v) is 11.9. The van der Waals surface area contributed by atoms with E-state index in [9.17, 15) is 9.59 Å². The van der Waals surface area contributed by atoms with Gasteiger partial charge in [0.15, 0.2) is 16.7 Å². The van der Waals surface area contributed by atoms with Crippen molar-refractivity contribution in [2.24, 2.45) is 4.99 Å². The number of amidine groups is 1. The summed E-state index contributed by atoms with van der Waals surface area (Å²) < 4.78 is 17.2. The van der Waals surface area contributed by atoms with Gasteiger partial charge >= 0.3 is 5.97 Å². The standard InChI is InChI=1S/C24H25BrN2O5S/c1-6-31-19-11-15(10-18(25)21(19)32-14(2)3)12-20-22(28)27(4)24(33-20)26-17-9-7-8-16(13-17)23(29)30-5/h7-14H,6H2,1-5H3. The average Bonchev–Trinajstić information content (AvgIpc) is 3.03. The molecule has 0 unspecified atom stereocenters. The van der Waals surface area contributed by atoms with Crippen LogP contribution in [0.5, 0.6) is 11.5 Å². The summed E-state index contributed by atoms with van der Waals surface area (Å²) in [6, 6.07) is 10.5. The number of thioether (sulfide) groups is 1. The molecule has 0 bridgehead atoms. The summed E-state index contributed by atoms with van der Waals surface area (Å²) in [5, 5.41) is 0.511. The number of rotatable bonds is 7. The molecule has 1 aliphatic heterocycles. The molecule has 0 spiro atoms. The van der Waals surface area contributed by atoms with E-state index in [-0.39, 0.29) is 12.0 Å². The van der Waals surface area contributed by atoms with Crippen molar-refractivity contribution in [2.75, 3.05) is 20.8 Å². The summed E-state index contributed by atoms with van der Waals surface area (Å²) in [5.74, 6) is 0.621. The normalized spacial score (nSPS) is 16.1. The number of esters is 1. The van der Waals surface area contributed by atoms with Gasteiger partial charge in [-0.1, -0.05) is 6.07 Å². The van der Waals surface area contributed by atoms with Crippen molar-refractivity contribution < 1.29 is 23.8 Å². The highest BCUT2D eigenvalue weighted by atomic mass is 79.9. The van der Waals surface area contributed by atoms with Crippen LogP contribution in [-0.2, 0) is 9.53 Å². The van der Waals surface area contributed by atoms with Crippen LogP contribution in [-0.4, -0.2) is 48.8 Å². The second kappa shape index (κ2) is 10.9. The molecule has 9 heteroatoms. The third-order valence-corrected chi connectivity index (χ3v) is 6.13. The number of hydrogen-bond donors (Lipinski definition) is 0. The topological polar surface area (TPSA) is 77.4 Å². The van der Waals surface area contributed by atoms with Gasteiger partial charge in [-0.25, -0.2) is 9.79 Å². The molecular formula is C24H25BrN2O5S. The number of benzene rings is 2. The maximum Gasteiger partial charge on any atom is 0.337 e. The lowest BCUT2D eigenvalue weighted by Gasteiger charge is -2.17. The number of carbonyl (C=O) groups is 2. The zero-order valence-electron chi connectivity index (χ0n) is 19.0. The first kappa shape index (κ1) is 24.9. The van der Waals surface area contributed by atoms with E-state index in [2.05, 4.69) is 20.9 Å².